The molecule has 0 unspecified atom stereocenters. The van der Waals surface area contributed by atoms with Crippen molar-refractivity contribution in [2.24, 2.45) is 0 Å². The molecule has 0 fully saturated rings. The summed E-state index contributed by atoms with van der Waals surface area (Å²) in [5.74, 6) is 0. The van der Waals surface area contributed by atoms with E-state index in [9.17, 15) is 0 Å². The number of fused-ring (bicyclic) bond motifs is 3. The maximum Gasteiger partial charge on any atom is 0.0361 e. The Morgan fingerprint density at radius 3 is 1.23 bits per heavy atom. The van der Waals surface area contributed by atoms with Gasteiger partial charge in [0.1, 0.15) is 0 Å². The van der Waals surface area contributed by atoms with E-state index in [2.05, 4.69) is 194 Å². The van der Waals surface area contributed by atoms with Gasteiger partial charge < -0.3 is 0 Å². The Hall–Kier alpha value is -7.06. The molecule has 0 spiro atoms. The lowest BCUT2D eigenvalue weighted by molar-refractivity contribution is 1.63. The predicted octanol–water partition coefficient (Wildman–Crippen LogP) is 16.5. The standard InChI is InChI=1S/C56H32S/c1-2-6-33(7-3-1)43-22-14-37-19-29-50-44(23-16-38-18-28-48(43)55(37)56(38)50)41-11-5-10-39(30-41)40-20-25-46-47-26-21-42(32-52(47)57-51(46)31-40)45-24-15-36-13-12-34-8-4-9-35-17-27-49(45)54(36)53(34)35/h1-32H. The molecule has 1 heterocycles. The highest BCUT2D eigenvalue weighted by molar-refractivity contribution is 7.25. The van der Waals surface area contributed by atoms with Crippen molar-refractivity contribution in [1.29, 1.82) is 0 Å². The average Bonchev–Trinajstić information content (AvgIpc) is 3.65. The van der Waals surface area contributed by atoms with Crippen LogP contribution < -0.4 is 0 Å². The second-order valence-corrected chi connectivity index (χ2v) is 16.7. The first kappa shape index (κ1) is 31.2. The van der Waals surface area contributed by atoms with Crippen molar-refractivity contribution in [3.8, 4) is 44.5 Å². The Labute approximate surface area is 333 Å². The third-order valence-corrected chi connectivity index (χ3v) is 13.7. The number of hydrogen-bond donors (Lipinski definition) is 0. The summed E-state index contributed by atoms with van der Waals surface area (Å²) in [4.78, 5) is 0. The maximum atomic E-state index is 2.41. The molecular weight excluding hydrogens is 705 g/mol. The van der Waals surface area contributed by atoms with Crippen LogP contribution in [-0.2, 0) is 0 Å². The van der Waals surface area contributed by atoms with Crippen molar-refractivity contribution in [3.63, 3.8) is 0 Å². The topological polar surface area (TPSA) is 0 Å². The molecule has 0 bridgehead atoms. The second-order valence-electron chi connectivity index (χ2n) is 15.6. The van der Waals surface area contributed by atoms with Gasteiger partial charge in [-0.1, -0.05) is 176 Å². The van der Waals surface area contributed by atoms with Crippen LogP contribution in [0.15, 0.2) is 194 Å². The SMILES string of the molecule is c1ccc(-c2ccc3ccc4c(-c5cccc(-c6ccc7c(c6)sc6cc(-c8ccc9ccc%10cccc%11ccc8c9c%10%11)ccc67)c5)ccc5ccc2c3c54)cc1. The van der Waals surface area contributed by atoms with Gasteiger partial charge in [0.05, 0.1) is 0 Å². The molecule has 0 aliphatic carbocycles. The largest absolute Gasteiger partial charge is 0.135 e. The molecule has 0 saturated heterocycles. The van der Waals surface area contributed by atoms with Gasteiger partial charge in [0.2, 0.25) is 0 Å². The van der Waals surface area contributed by atoms with E-state index in [1.165, 1.54) is 129 Å². The van der Waals surface area contributed by atoms with E-state index in [0.29, 0.717) is 0 Å². The Kier molecular flexibility index (Phi) is 6.41. The highest BCUT2D eigenvalue weighted by atomic mass is 32.1. The molecule has 57 heavy (non-hydrogen) atoms. The van der Waals surface area contributed by atoms with Crippen molar-refractivity contribution in [1.82, 2.24) is 0 Å². The monoisotopic (exact) mass is 736 g/mol. The molecule has 12 aromatic carbocycles. The molecule has 0 aliphatic rings. The summed E-state index contributed by atoms with van der Waals surface area (Å²) in [6, 6.07) is 72.7. The molecule has 1 aromatic heterocycles. The Balaban J connectivity index is 0.908. The highest BCUT2D eigenvalue weighted by Crippen LogP contribution is 2.45. The zero-order valence-electron chi connectivity index (χ0n) is 30.9. The van der Waals surface area contributed by atoms with Gasteiger partial charge >= 0.3 is 0 Å². The van der Waals surface area contributed by atoms with E-state index in [4.69, 9.17) is 0 Å². The molecule has 1 heteroatoms. The van der Waals surface area contributed by atoms with Crippen molar-refractivity contribution < 1.29 is 0 Å². The van der Waals surface area contributed by atoms with E-state index in [1.807, 2.05) is 11.3 Å². The average molecular weight is 737 g/mol. The van der Waals surface area contributed by atoms with E-state index < -0.39 is 0 Å². The van der Waals surface area contributed by atoms with Crippen LogP contribution >= 0.6 is 11.3 Å². The zero-order valence-corrected chi connectivity index (χ0v) is 31.7. The molecule has 0 aliphatic heterocycles. The summed E-state index contributed by atoms with van der Waals surface area (Å²) in [6.45, 7) is 0. The van der Waals surface area contributed by atoms with Gasteiger partial charge in [-0.25, -0.2) is 0 Å². The molecule has 13 aromatic rings. The lowest BCUT2D eigenvalue weighted by Crippen LogP contribution is -1.89. The molecule has 0 N–H and O–H groups in total. The molecule has 13 rings (SSSR count). The van der Waals surface area contributed by atoms with Crippen LogP contribution in [0.1, 0.15) is 0 Å². The predicted molar refractivity (Wildman–Crippen MR) is 248 cm³/mol. The van der Waals surface area contributed by atoms with Crippen LogP contribution in [-0.4, -0.2) is 0 Å². The molecule has 0 saturated carbocycles. The van der Waals surface area contributed by atoms with Crippen LogP contribution in [0.3, 0.4) is 0 Å². The zero-order chi connectivity index (χ0) is 37.2. The van der Waals surface area contributed by atoms with E-state index in [1.54, 1.807) is 0 Å². The summed E-state index contributed by atoms with van der Waals surface area (Å²) in [6.07, 6.45) is 0. The van der Waals surface area contributed by atoms with Crippen molar-refractivity contribution >= 4 is 96.1 Å². The Bertz CT molecular complexity index is 3720. The number of hydrogen-bond acceptors (Lipinski definition) is 1. The van der Waals surface area contributed by atoms with Crippen molar-refractivity contribution in [3.05, 3.63) is 194 Å². The fourth-order valence-electron chi connectivity index (χ4n) is 9.90. The summed E-state index contributed by atoms with van der Waals surface area (Å²) in [7, 11) is 0. The smallest absolute Gasteiger partial charge is 0.0361 e. The van der Waals surface area contributed by atoms with Gasteiger partial charge in [-0.05, 0) is 127 Å². The molecule has 0 amide bonds. The van der Waals surface area contributed by atoms with Crippen LogP contribution in [0, 0.1) is 0 Å². The highest BCUT2D eigenvalue weighted by Gasteiger charge is 2.17. The summed E-state index contributed by atoms with van der Waals surface area (Å²) in [5, 5.41) is 18.5. The first-order valence-corrected chi connectivity index (χ1v) is 20.6. The number of thiophene rings is 1. The maximum absolute atomic E-state index is 2.41. The minimum atomic E-state index is 1.23. The molecule has 0 atom stereocenters. The fraction of sp³-hybridized carbons (Fsp3) is 0. The van der Waals surface area contributed by atoms with Crippen molar-refractivity contribution in [2.75, 3.05) is 0 Å². The van der Waals surface area contributed by atoms with Crippen LogP contribution in [0.5, 0.6) is 0 Å². The quantitative estimate of drug-likeness (QED) is 0.158. The number of benzene rings is 12. The van der Waals surface area contributed by atoms with Gasteiger partial charge in [0.15, 0.2) is 0 Å². The Morgan fingerprint density at radius 2 is 0.614 bits per heavy atom. The minimum Gasteiger partial charge on any atom is -0.135 e. The molecule has 0 nitrogen and oxygen atoms in total. The summed E-state index contributed by atoms with van der Waals surface area (Å²) < 4.78 is 2.64. The molecule has 0 radical (unpaired) electrons. The summed E-state index contributed by atoms with van der Waals surface area (Å²) >= 11 is 1.90. The third kappa shape index (κ3) is 4.55. The lowest BCUT2D eigenvalue weighted by Gasteiger charge is -2.17. The van der Waals surface area contributed by atoms with E-state index in [-0.39, 0.29) is 0 Å². The van der Waals surface area contributed by atoms with Gasteiger partial charge in [0, 0.05) is 20.2 Å². The van der Waals surface area contributed by atoms with Gasteiger partial charge in [-0.3, -0.25) is 0 Å². The first-order valence-electron chi connectivity index (χ1n) is 19.7. The van der Waals surface area contributed by atoms with Gasteiger partial charge in [0.25, 0.3) is 0 Å². The molecule has 262 valence electrons. The lowest BCUT2D eigenvalue weighted by atomic mass is 9.87. The first-order chi connectivity index (χ1) is 28.2. The summed E-state index contributed by atoms with van der Waals surface area (Å²) in [5.41, 5.74) is 10.1. The van der Waals surface area contributed by atoms with E-state index >= 15 is 0 Å². The van der Waals surface area contributed by atoms with E-state index in [0.717, 1.165) is 0 Å². The van der Waals surface area contributed by atoms with Crippen LogP contribution in [0.4, 0.5) is 0 Å². The fourth-order valence-corrected chi connectivity index (χ4v) is 11.1. The van der Waals surface area contributed by atoms with Crippen LogP contribution in [0.2, 0.25) is 0 Å². The minimum absolute atomic E-state index is 1.23. The third-order valence-electron chi connectivity index (χ3n) is 12.6. The normalized spacial score (nSPS) is 12.2. The second kappa shape index (κ2) is 11.7. The number of rotatable bonds is 4. The Morgan fingerprint density at radius 1 is 0.228 bits per heavy atom. The van der Waals surface area contributed by atoms with Crippen molar-refractivity contribution in [2.45, 2.75) is 0 Å². The van der Waals surface area contributed by atoms with Gasteiger partial charge in [-0.2, -0.15) is 0 Å². The van der Waals surface area contributed by atoms with Crippen LogP contribution in [0.25, 0.3) is 129 Å². The molecular formula is C56H32S. The van der Waals surface area contributed by atoms with Gasteiger partial charge in [-0.15, -0.1) is 11.3 Å².